The van der Waals surface area contributed by atoms with E-state index in [0.29, 0.717) is 18.7 Å². The van der Waals surface area contributed by atoms with Crippen molar-refractivity contribution in [2.45, 2.75) is 46.7 Å². The lowest BCUT2D eigenvalue weighted by Crippen LogP contribution is -2.51. The summed E-state index contributed by atoms with van der Waals surface area (Å²) in [5.41, 5.74) is 2.45. The van der Waals surface area contributed by atoms with Crippen LogP contribution in [0, 0.1) is 19.7 Å². The second-order valence-electron chi connectivity index (χ2n) is 8.12. The smallest absolute Gasteiger partial charge is 0.244 e. The predicted octanol–water partition coefficient (Wildman–Crippen LogP) is 3.15. The van der Waals surface area contributed by atoms with Crippen molar-refractivity contribution in [3.8, 4) is 0 Å². The monoisotopic (exact) mass is 477 g/mol. The van der Waals surface area contributed by atoms with Gasteiger partial charge in [-0.05, 0) is 56.5 Å². The minimum atomic E-state index is -3.81. The molecule has 2 amide bonds. The zero-order valence-corrected chi connectivity index (χ0v) is 20.6. The Morgan fingerprint density at radius 2 is 1.76 bits per heavy atom. The molecule has 2 aromatic carbocycles. The van der Waals surface area contributed by atoms with E-state index in [0.717, 1.165) is 21.7 Å². The first-order valence-corrected chi connectivity index (χ1v) is 12.7. The van der Waals surface area contributed by atoms with Crippen molar-refractivity contribution < 1.29 is 22.4 Å². The number of halogens is 1. The summed E-state index contributed by atoms with van der Waals surface area (Å²) in [6.45, 7) is 6.96. The molecule has 33 heavy (non-hydrogen) atoms. The molecule has 0 aromatic heterocycles. The molecule has 180 valence electrons. The van der Waals surface area contributed by atoms with Gasteiger partial charge in [0.15, 0.2) is 0 Å². The van der Waals surface area contributed by atoms with Crippen LogP contribution in [0.15, 0.2) is 42.5 Å². The molecule has 0 saturated heterocycles. The number of amides is 2. The Hall–Kier alpha value is -2.94. The van der Waals surface area contributed by atoms with Crippen molar-refractivity contribution in [3.05, 3.63) is 65.0 Å². The van der Waals surface area contributed by atoms with E-state index in [4.69, 9.17) is 0 Å². The summed E-state index contributed by atoms with van der Waals surface area (Å²) < 4.78 is 40.5. The normalized spacial score (nSPS) is 12.2. The van der Waals surface area contributed by atoms with Gasteiger partial charge in [-0.2, -0.15) is 0 Å². The van der Waals surface area contributed by atoms with Crippen LogP contribution in [0.2, 0.25) is 0 Å². The van der Waals surface area contributed by atoms with Crippen LogP contribution in [0.1, 0.15) is 37.0 Å². The van der Waals surface area contributed by atoms with Gasteiger partial charge in [0.05, 0.1) is 11.9 Å². The molecule has 0 fully saturated rings. The van der Waals surface area contributed by atoms with Crippen molar-refractivity contribution in [2.24, 2.45) is 0 Å². The molecule has 0 bridgehead atoms. The van der Waals surface area contributed by atoms with Crippen LogP contribution in [0.25, 0.3) is 0 Å². The fourth-order valence-electron chi connectivity index (χ4n) is 3.28. The summed E-state index contributed by atoms with van der Waals surface area (Å²) in [6, 6.07) is 10.2. The molecule has 0 spiro atoms. The molecule has 9 heteroatoms. The molecule has 1 atom stereocenters. The van der Waals surface area contributed by atoms with E-state index < -0.39 is 40.2 Å². The highest BCUT2D eigenvalue weighted by Crippen LogP contribution is 2.22. The Balaban J connectivity index is 2.40. The summed E-state index contributed by atoms with van der Waals surface area (Å²) in [5.74, 6) is -1.51. The lowest BCUT2D eigenvalue weighted by Gasteiger charge is -2.31. The number of benzene rings is 2. The van der Waals surface area contributed by atoms with Crippen LogP contribution in [0.5, 0.6) is 0 Å². The highest BCUT2D eigenvalue weighted by Gasteiger charge is 2.30. The van der Waals surface area contributed by atoms with E-state index in [1.54, 1.807) is 31.2 Å². The van der Waals surface area contributed by atoms with E-state index >= 15 is 0 Å². The molecule has 0 aliphatic heterocycles. The molecule has 0 unspecified atom stereocenters. The quantitative estimate of drug-likeness (QED) is 0.570. The van der Waals surface area contributed by atoms with E-state index in [2.05, 4.69) is 5.32 Å². The summed E-state index contributed by atoms with van der Waals surface area (Å²) in [4.78, 5) is 27.2. The number of nitrogens with one attached hydrogen (secondary N) is 1. The Morgan fingerprint density at radius 1 is 1.09 bits per heavy atom. The molecule has 0 radical (unpaired) electrons. The fourth-order valence-corrected chi connectivity index (χ4v) is 4.12. The van der Waals surface area contributed by atoms with E-state index in [1.165, 1.54) is 23.1 Å². The topological polar surface area (TPSA) is 86.8 Å². The maximum Gasteiger partial charge on any atom is 0.244 e. The van der Waals surface area contributed by atoms with Gasteiger partial charge in [-0.3, -0.25) is 13.9 Å². The first-order chi connectivity index (χ1) is 15.5. The molecule has 0 aliphatic rings. The van der Waals surface area contributed by atoms with Crippen LogP contribution in [0.3, 0.4) is 0 Å². The van der Waals surface area contributed by atoms with E-state index in [9.17, 15) is 22.4 Å². The van der Waals surface area contributed by atoms with Gasteiger partial charge in [-0.15, -0.1) is 0 Å². The number of carbonyl (C=O) groups excluding carboxylic acids is 2. The van der Waals surface area contributed by atoms with Crippen LogP contribution < -0.4 is 9.62 Å². The Kier molecular flexibility index (Phi) is 8.99. The average molecular weight is 478 g/mol. The summed E-state index contributed by atoms with van der Waals surface area (Å²) in [5, 5.41) is 2.74. The number of sulfonamides is 1. The number of anilines is 1. The Labute approximate surface area is 195 Å². The first-order valence-electron chi connectivity index (χ1n) is 10.8. The van der Waals surface area contributed by atoms with Gasteiger partial charge in [0.1, 0.15) is 18.4 Å². The SMILES string of the molecule is CCCNC(=O)[C@@H](C)N(Cc1ccccc1F)C(=O)CN(c1ccc(C)c(C)c1)S(C)(=O)=O. The maximum atomic E-state index is 14.3. The molecule has 0 aliphatic carbocycles. The molecular formula is C24H32FN3O4S. The number of hydrogen-bond donors (Lipinski definition) is 1. The average Bonchev–Trinajstić information content (AvgIpc) is 2.75. The fraction of sp³-hybridized carbons (Fsp3) is 0.417. The molecule has 2 rings (SSSR count). The van der Waals surface area contributed by atoms with Gasteiger partial charge in [-0.25, -0.2) is 12.8 Å². The zero-order chi connectivity index (χ0) is 24.8. The van der Waals surface area contributed by atoms with Crippen LogP contribution >= 0.6 is 0 Å². The predicted molar refractivity (Wildman–Crippen MR) is 128 cm³/mol. The number of aryl methyl sites for hydroxylation is 2. The van der Waals surface area contributed by atoms with Gasteiger partial charge in [-0.1, -0.05) is 31.2 Å². The van der Waals surface area contributed by atoms with Gasteiger partial charge < -0.3 is 10.2 Å². The third-order valence-corrected chi connectivity index (χ3v) is 6.61. The standard InChI is InChI=1S/C24H32FN3O4S/c1-6-13-26-24(30)19(4)27(15-20-9-7-8-10-22(20)25)23(29)16-28(33(5,31)32)21-12-11-17(2)18(3)14-21/h7-12,14,19H,6,13,15-16H2,1-5H3,(H,26,30)/t19-/m1/s1. The van der Waals surface area contributed by atoms with Gasteiger partial charge >= 0.3 is 0 Å². The first kappa shape index (κ1) is 26.3. The van der Waals surface area contributed by atoms with Crippen LogP contribution in [-0.2, 0) is 26.2 Å². The maximum absolute atomic E-state index is 14.3. The summed E-state index contributed by atoms with van der Waals surface area (Å²) >= 11 is 0. The lowest BCUT2D eigenvalue weighted by atomic mass is 10.1. The third kappa shape index (κ3) is 7.02. The second kappa shape index (κ2) is 11.3. The molecule has 7 nitrogen and oxygen atoms in total. The molecular weight excluding hydrogens is 445 g/mol. The molecule has 2 aromatic rings. The summed E-state index contributed by atoms with van der Waals surface area (Å²) in [7, 11) is -3.81. The van der Waals surface area contributed by atoms with Crippen molar-refractivity contribution in [3.63, 3.8) is 0 Å². The number of carbonyl (C=O) groups is 2. The highest BCUT2D eigenvalue weighted by molar-refractivity contribution is 7.92. The second-order valence-corrected chi connectivity index (χ2v) is 10.0. The summed E-state index contributed by atoms with van der Waals surface area (Å²) in [6.07, 6.45) is 1.74. The largest absolute Gasteiger partial charge is 0.354 e. The van der Waals surface area contributed by atoms with Gasteiger partial charge in [0.2, 0.25) is 21.8 Å². The van der Waals surface area contributed by atoms with Crippen LogP contribution in [-0.4, -0.2) is 50.5 Å². The van der Waals surface area contributed by atoms with Crippen molar-refractivity contribution in [1.82, 2.24) is 10.2 Å². The van der Waals surface area contributed by atoms with E-state index in [1.807, 2.05) is 20.8 Å². The minimum absolute atomic E-state index is 0.170. The Morgan fingerprint density at radius 3 is 2.33 bits per heavy atom. The number of nitrogens with zero attached hydrogens (tertiary/aromatic N) is 2. The number of hydrogen-bond acceptors (Lipinski definition) is 4. The van der Waals surface area contributed by atoms with E-state index in [-0.39, 0.29) is 12.1 Å². The molecule has 1 N–H and O–H groups in total. The van der Waals surface area contributed by atoms with Gasteiger partial charge in [0.25, 0.3) is 0 Å². The molecule has 0 heterocycles. The van der Waals surface area contributed by atoms with Crippen molar-refractivity contribution >= 4 is 27.5 Å². The van der Waals surface area contributed by atoms with Crippen LogP contribution in [0.4, 0.5) is 10.1 Å². The number of rotatable bonds is 10. The van der Waals surface area contributed by atoms with Crippen molar-refractivity contribution in [1.29, 1.82) is 0 Å². The lowest BCUT2D eigenvalue weighted by molar-refractivity contribution is -0.139. The molecule has 0 saturated carbocycles. The Bertz CT molecular complexity index is 1100. The van der Waals surface area contributed by atoms with Crippen molar-refractivity contribution in [2.75, 3.05) is 23.7 Å². The minimum Gasteiger partial charge on any atom is -0.354 e. The third-order valence-electron chi connectivity index (χ3n) is 5.47. The van der Waals surface area contributed by atoms with Gasteiger partial charge in [0, 0.05) is 18.7 Å². The highest BCUT2D eigenvalue weighted by atomic mass is 32.2. The zero-order valence-electron chi connectivity index (χ0n) is 19.8.